The van der Waals surface area contributed by atoms with Gasteiger partial charge in [-0.25, -0.2) is 4.79 Å². The number of ether oxygens (including phenoxy) is 2. The summed E-state index contributed by atoms with van der Waals surface area (Å²) in [5.41, 5.74) is -0.415. The van der Waals surface area contributed by atoms with Crippen molar-refractivity contribution < 1.29 is 24.2 Å². The number of nitrogens with zero attached hydrogens (tertiary/aromatic N) is 2. The number of anilines is 1. The van der Waals surface area contributed by atoms with Crippen LogP contribution in [0.5, 0.6) is 5.88 Å². The van der Waals surface area contributed by atoms with Crippen LogP contribution in [0.3, 0.4) is 0 Å². The van der Waals surface area contributed by atoms with Gasteiger partial charge in [-0.1, -0.05) is 6.42 Å². The Morgan fingerprint density at radius 3 is 2.78 bits per heavy atom. The molecule has 0 bridgehead atoms. The number of carboxylic acid groups (broad SMARTS) is 1. The van der Waals surface area contributed by atoms with Crippen molar-refractivity contribution in [1.29, 1.82) is 0 Å². The van der Waals surface area contributed by atoms with E-state index in [9.17, 15) is 14.7 Å². The highest BCUT2D eigenvalue weighted by molar-refractivity contribution is 5.92. The van der Waals surface area contributed by atoms with Crippen LogP contribution < -0.4 is 9.64 Å². The van der Waals surface area contributed by atoms with Gasteiger partial charge in [-0.3, -0.25) is 4.79 Å². The SMILES string of the molecule is COC(=O)c1ccc(N2C[C@@H]3CCC[C@@]3(C(=O)O)C2)nc1OC. The smallest absolute Gasteiger partial charge is 0.343 e. The molecule has 2 heterocycles. The second-order valence-electron chi connectivity index (χ2n) is 6.15. The van der Waals surface area contributed by atoms with Crippen molar-refractivity contribution in [2.45, 2.75) is 19.3 Å². The number of carbonyl (C=O) groups is 2. The van der Waals surface area contributed by atoms with Gasteiger partial charge < -0.3 is 19.5 Å². The fourth-order valence-corrected chi connectivity index (χ4v) is 3.84. The molecule has 0 aromatic carbocycles. The lowest BCUT2D eigenvalue weighted by Gasteiger charge is -2.24. The Bertz CT molecular complexity index is 647. The maximum atomic E-state index is 11.8. The maximum absolute atomic E-state index is 11.8. The predicted octanol–water partition coefficient (Wildman–Crippen LogP) is 1.57. The van der Waals surface area contributed by atoms with E-state index in [1.54, 1.807) is 12.1 Å². The van der Waals surface area contributed by atoms with E-state index in [-0.39, 0.29) is 17.4 Å². The lowest BCUT2D eigenvalue weighted by atomic mass is 9.81. The zero-order chi connectivity index (χ0) is 16.6. The van der Waals surface area contributed by atoms with E-state index < -0.39 is 17.4 Å². The second-order valence-corrected chi connectivity index (χ2v) is 6.15. The Morgan fingerprint density at radius 2 is 2.17 bits per heavy atom. The van der Waals surface area contributed by atoms with Gasteiger partial charge in [0.25, 0.3) is 0 Å². The second kappa shape index (κ2) is 5.72. The molecule has 7 nitrogen and oxygen atoms in total. The molecule has 1 aromatic rings. The van der Waals surface area contributed by atoms with Gasteiger partial charge in [-0.05, 0) is 30.9 Å². The topological polar surface area (TPSA) is 89.0 Å². The summed E-state index contributed by atoms with van der Waals surface area (Å²) in [5.74, 6) is -0.268. The molecule has 1 N–H and O–H groups in total. The van der Waals surface area contributed by atoms with Crippen molar-refractivity contribution in [2.24, 2.45) is 11.3 Å². The van der Waals surface area contributed by atoms with Crippen molar-refractivity contribution in [1.82, 2.24) is 4.98 Å². The number of pyridine rings is 1. The third-order valence-corrected chi connectivity index (χ3v) is 5.06. The first kappa shape index (κ1) is 15.6. The molecular formula is C16H20N2O5. The number of esters is 1. The summed E-state index contributed by atoms with van der Waals surface area (Å²) in [6.07, 6.45) is 2.60. The molecule has 0 unspecified atom stereocenters. The van der Waals surface area contributed by atoms with E-state index in [0.29, 0.717) is 25.3 Å². The molecule has 1 aliphatic carbocycles. The molecule has 0 amide bonds. The minimum atomic E-state index is -0.722. The molecule has 2 fully saturated rings. The Hall–Kier alpha value is -2.31. The molecule has 1 aliphatic heterocycles. The number of aromatic nitrogens is 1. The Balaban J connectivity index is 1.89. The highest BCUT2D eigenvalue weighted by Crippen LogP contribution is 2.49. The molecule has 1 saturated heterocycles. The minimum absolute atomic E-state index is 0.146. The number of aliphatic carboxylic acids is 1. The molecule has 1 aromatic heterocycles. The summed E-state index contributed by atoms with van der Waals surface area (Å²) in [4.78, 5) is 29.8. The van der Waals surface area contributed by atoms with Crippen LogP contribution in [0.4, 0.5) is 5.82 Å². The van der Waals surface area contributed by atoms with Crippen LogP contribution in [-0.4, -0.2) is 49.3 Å². The third kappa shape index (κ3) is 2.40. The quantitative estimate of drug-likeness (QED) is 0.842. The fraction of sp³-hybridized carbons (Fsp3) is 0.562. The fourth-order valence-electron chi connectivity index (χ4n) is 3.84. The minimum Gasteiger partial charge on any atom is -0.481 e. The Labute approximate surface area is 134 Å². The monoisotopic (exact) mass is 320 g/mol. The maximum Gasteiger partial charge on any atom is 0.343 e. The molecule has 2 atom stereocenters. The van der Waals surface area contributed by atoms with Crippen molar-refractivity contribution in [2.75, 3.05) is 32.2 Å². The van der Waals surface area contributed by atoms with Crippen LogP contribution in [0.2, 0.25) is 0 Å². The van der Waals surface area contributed by atoms with Gasteiger partial charge in [0.1, 0.15) is 11.4 Å². The molecule has 2 aliphatic rings. The lowest BCUT2D eigenvalue weighted by molar-refractivity contribution is -0.149. The van der Waals surface area contributed by atoms with Crippen LogP contribution in [0.1, 0.15) is 29.6 Å². The van der Waals surface area contributed by atoms with Crippen molar-refractivity contribution in [3.8, 4) is 5.88 Å². The first-order valence-electron chi connectivity index (χ1n) is 7.63. The largest absolute Gasteiger partial charge is 0.481 e. The molecule has 0 radical (unpaired) electrons. The highest BCUT2D eigenvalue weighted by atomic mass is 16.5. The first-order chi connectivity index (χ1) is 11.0. The zero-order valence-electron chi connectivity index (χ0n) is 13.2. The number of carbonyl (C=O) groups excluding carboxylic acids is 1. The summed E-state index contributed by atoms with van der Waals surface area (Å²) in [7, 11) is 2.74. The molecular weight excluding hydrogens is 300 g/mol. The number of carboxylic acids is 1. The van der Waals surface area contributed by atoms with Gasteiger partial charge in [0, 0.05) is 13.1 Å². The van der Waals surface area contributed by atoms with E-state index >= 15 is 0 Å². The summed E-state index contributed by atoms with van der Waals surface area (Å²) in [6, 6.07) is 3.32. The normalized spacial score (nSPS) is 26.0. The van der Waals surface area contributed by atoms with E-state index in [4.69, 9.17) is 9.47 Å². The number of hydrogen-bond donors (Lipinski definition) is 1. The average Bonchev–Trinajstić information content (AvgIpc) is 3.11. The van der Waals surface area contributed by atoms with Gasteiger partial charge in [-0.15, -0.1) is 0 Å². The van der Waals surface area contributed by atoms with E-state index in [1.165, 1.54) is 14.2 Å². The van der Waals surface area contributed by atoms with Crippen molar-refractivity contribution in [3.05, 3.63) is 17.7 Å². The molecule has 3 rings (SSSR count). The van der Waals surface area contributed by atoms with Gasteiger partial charge in [0.2, 0.25) is 5.88 Å². The van der Waals surface area contributed by atoms with Crippen LogP contribution in [0, 0.1) is 11.3 Å². The van der Waals surface area contributed by atoms with Gasteiger partial charge >= 0.3 is 11.9 Å². The first-order valence-corrected chi connectivity index (χ1v) is 7.63. The molecule has 1 saturated carbocycles. The van der Waals surface area contributed by atoms with E-state index in [2.05, 4.69) is 4.98 Å². The van der Waals surface area contributed by atoms with E-state index in [0.717, 1.165) is 12.8 Å². The van der Waals surface area contributed by atoms with Crippen LogP contribution >= 0.6 is 0 Å². The molecule has 7 heteroatoms. The van der Waals surface area contributed by atoms with Crippen LogP contribution in [-0.2, 0) is 9.53 Å². The van der Waals surface area contributed by atoms with Gasteiger partial charge in [-0.2, -0.15) is 4.98 Å². The van der Waals surface area contributed by atoms with Gasteiger partial charge in [0.15, 0.2) is 0 Å². The molecule has 0 spiro atoms. The summed E-state index contributed by atoms with van der Waals surface area (Å²) in [6.45, 7) is 1.11. The predicted molar refractivity (Wildman–Crippen MR) is 81.8 cm³/mol. The van der Waals surface area contributed by atoms with Crippen LogP contribution in [0.25, 0.3) is 0 Å². The summed E-state index contributed by atoms with van der Waals surface area (Å²) < 4.78 is 9.88. The highest BCUT2D eigenvalue weighted by Gasteiger charge is 2.55. The Morgan fingerprint density at radius 1 is 1.39 bits per heavy atom. The number of methoxy groups -OCH3 is 2. The van der Waals surface area contributed by atoms with Crippen LogP contribution in [0.15, 0.2) is 12.1 Å². The van der Waals surface area contributed by atoms with Gasteiger partial charge in [0.05, 0.1) is 19.6 Å². The number of hydrogen-bond acceptors (Lipinski definition) is 6. The van der Waals surface area contributed by atoms with Crippen molar-refractivity contribution in [3.63, 3.8) is 0 Å². The average molecular weight is 320 g/mol. The Kier molecular flexibility index (Phi) is 3.87. The number of rotatable bonds is 4. The lowest BCUT2D eigenvalue weighted by Crippen LogP contribution is -2.35. The summed E-state index contributed by atoms with van der Waals surface area (Å²) in [5, 5.41) is 9.66. The standard InChI is InChI=1S/C16H20N2O5/c1-22-13-11(14(19)23-2)5-6-12(17-13)18-8-10-4-3-7-16(10,9-18)15(20)21/h5-6,10H,3-4,7-9H2,1-2H3,(H,20,21)/t10-,16+/m0/s1. The molecule has 23 heavy (non-hydrogen) atoms. The van der Waals surface area contributed by atoms with E-state index in [1.807, 2.05) is 4.90 Å². The third-order valence-electron chi connectivity index (χ3n) is 5.06. The zero-order valence-corrected chi connectivity index (χ0v) is 13.2. The molecule has 124 valence electrons. The van der Waals surface area contributed by atoms with Crippen molar-refractivity contribution >= 4 is 17.8 Å². The summed E-state index contributed by atoms with van der Waals surface area (Å²) >= 11 is 0. The number of fused-ring (bicyclic) bond motifs is 1.